The molecular formula is C25H25N3O4. The molecule has 0 unspecified atom stereocenters. The topological polar surface area (TPSA) is 110 Å². The van der Waals surface area contributed by atoms with Gasteiger partial charge >= 0.3 is 5.63 Å². The number of anilines is 1. The van der Waals surface area contributed by atoms with Crippen LogP contribution in [-0.4, -0.2) is 11.4 Å². The molecule has 7 nitrogen and oxygen atoms in total. The molecule has 0 saturated carbocycles. The Morgan fingerprint density at radius 3 is 2.66 bits per heavy atom. The van der Waals surface area contributed by atoms with E-state index < -0.39 is 16.6 Å². The Morgan fingerprint density at radius 1 is 1.28 bits per heavy atom. The molecule has 0 bridgehead atoms. The van der Waals surface area contributed by atoms with Gasteiger partial charge in [0.05, 0.1) is 5.69 Å². The number of nitrogens with two attached hydrogens (primary N) is 1. The van der Waals surface area contributed by atoms with E-state index in [0.29, 0.717) is 11.3 Å². The van der Waals surface area contributed by atoms with Gasteiger partial charge in [0.1, 0.15) is 28.7 Å². The Morgan fingerprint density at radius 2 is 2.00 bits per heavy atom. The number of nitrogens with zero attached hydrogens (tertiary/aromatic N) is 2. The SMILES string of the molecule is CCc1cc2c3c(c1)[C@]1(C(=O)N3C(C)(C)C[C@H]2C)C(C#N)=C(N)Oc2cc(C)oc(=O)c21. The standard InChI is InChI=1S/C25H25N3O4/c1-6-14-8-15-12(2)10-24(4,5)28-20(15)16(9-14)25(23(28)30)17(11-26)21(27)32-18-7-13(3)31-22(29)19(18)25/h7-9,12H,6,10,27H2,1-5H3/t12-,25+/m1/s1. The number of fused-ring (bicyclic) bond motifs is 3. The van der Waals surface area contributed by atoms with Crippen LogP contribution in [0.2, 0.25) is 0 Å². The van der Waals surface area contributed by atoms with Crippen molar-refractivity contribution in [3.8, 4) is 11.8 Å². The fraction of sp³-hybridized carbons (Fsp3) is 0.400. The molecule has 164 valence electrons. The van der Waals surface area contributed by atoms with E-state index in [1.165, 1.54) is 0 Å². The predicted molar refractivity (Wildman–Crippen MR) is 118 cm³/mol. The third-order valence-corrected chi connectivity index (χ3v) is 7.07. The highest BCUT2D eigenvalue weighted by molar-refractivity contribution is 6.16. The largest absolute Gasteiger partial charge is 0.440 e. The van der Waals surface area contributed by atoms with Gasteiger partial charge in [0.25, 0.3) is 0 Å². The van der Waals surface area contributed by atoms with Crippen molar-refractivity contribution in [1.29, 1.82) is 5.26 Å². The number of ether oxygens (including phenoxy) is 1. The van der Waals surface area contributed by atoms with Gasteiger partial charge in [0, 0.05) is 17.2 Å². The molecule has 0 saturated heterocycles. The van der Waals surface area contributed by atoms with Gasteiger partial charge in [-0.2, -0.15) is 5.26 Å². The van der Waals surface area contributed by atoms with Gasteiger partial charge in [-0.1, -0.05) is 26.0 Å². The van der Waals surface area contributed by atoms with Gasteiger partial charge in [-0.25, -0.2) is 4.79 Å². The summed E-state index contributed by atoms with van der Waals surface area (Å²) in [6.45, 7) is 9.84. The molecule has 1 spiro atoms. The second-order valence-electron chi connectivity index (χ2n) is 9.58. The Labute approximate surface area is 186 Å². The molecule has 2 aromatic rings. The van der Waals surface area contributed by atoms with E-state index in [0.717, 1.165) is 29.7 Å². The molecule has 2 N–H and O–H groups in total. The summed E-state index contributed by atoms with van der Waals surface area (Å²) in [5, 5.41) is 10.2. The van der Waals surface area contributed by atoms with Crippen LogP contribution in [0.15, 0.2) is 38.9 Å². The van der Waals surface area contributed by atoms with Crippen LogP contribution in [0.1, 0.15) is 68.0 Å². The van der Waals surface area contributed by atoms with Crippen molar-refractivity contribution >= 4 is 11.6 Å². The maximum atomic E-state index is 14.4. The van der Waals surface area contributed by atoms with Crippen molar-refractivity contribution in [1.82, 2.24) is 0 Å². The zero-order valence-electron chi connectivity index (χ0n) is 18.8. The van der Waals surface area contributed by atoms with Crippen LogP contribution in [0.3, 0.4) is 0 Å². The van der Waals surface area contributed by atoms with Crippen molar-refractivity contribution in [2.75, 3.05) is 4.90 Å². The Kier molecular flexibility index (Phi) is 3.98. The number of hydrogen-bond donors (Lipinski definition) is 1. The highest BCUT2D eigenvalue weighted by Crippen LogP contribution is 2.60. The molecular weight excluding hydrogens is 406 g/mol. The number of rotatable bonds is 1. The normalized spacial score (nSPS) is 24.8. The van der Waals surface area contributed by atoms with Crippen LogP contribution >= 0.6 is 0 Å². The van der Waals surface area contributed by atoms with Gasteiger partial charge in [-0.3, -0.25) is 4.79 Å². The molecule has 4 heterocycles. The molecule has 32 heavy (non-hydrogen) atoms. The first-order valence-corrected chi connectivity index (χ1v) is 10.8. The van der Waals surface area contributed by atoms with Gasteiger partial charge < -0.3 is 19.8 Å². The minimum atomic E-state index is -1.70. The number of carbonyl (C=O) groups is 1. The summed E-state index contributed by atoms with van der Waals surface area (Å²) < 4.78 is 11.1. The van der Waals surface area contributed by atoms with Gasteiger partial charge in [-0.05, 0) is 50.7 Å². The molecule has 7 heteroatoms. The lowest BCUT2D eigenvalue weighted by atomic mass is 9.68. The first-order valence-electron chi connectivity index (χ1n) is 10.8. The summed E-state index contributed by atoms with van der Waals surface area (Å²) in [6.07, 6.45) is 1.50. The van der Waals surface area contributed by atoms with E-state index in [1.54, 1.807) is 17.9 Å². The molecule has 0 aliphatic carbocycles. The number of aryl methyl sites for hydroxylation is 2. The van der Waals surface area contributed by atoms with Crippen LogP contribution in [0.25, 0.3) is 0 Å². The summed E-state index contributed by atoms with van der Waals surface area (Å²) in [4.78, 5) is 29.5. The summed E-state index contributed by atoms with van der Waals surface area (Å²) in [6, 6.07) is 7.72. The van der Waals surface area contributed by atoms with Crippen LogP contribution < -0.4 is 21.0 Å². The monoisotopic (exact) mass is 431 g/mol. The molecule has 0 radical (unpaired) electrons. The summed E-state index contributed by atoms with van der Waals surface area (Å²) in [5.41, 5.74) is 6.70. The fourth-order valence-electron chi connectivity index (χ4n) is 5.85. The smallest absolute Gasteiger partial charge is 0.344 e. The lowest BCUT2D eigenvalue weighted by molar-refractivity contribution is -0.122. The van der Waals surface area contributed by atoms with Crippen LogP contribution in [0.4, 0.5) is 5.69 Å². The van der Waals surface area contributed by atoms with Crippen molar-refractivity contribution in [2.24, 2.45) is 5.73 Å². The summed E-state index contributed by atoms with van der Waals surface area (Å²) in [5.74, 6) is 0.162. The fourth-order valence-corrected chi connectivity index (χ4v) is 5.85. The Hall–Kier alpha value is -3.53. The first-order chi connectivity index (χ1) is 15.1. The van der Waals surface area contributed by atoms with Crippen molar-refractivity contribution in [3.05, 3.63) is 68.1 Å². The van der Waals surface area contributed by atoms with Crippen LogP contribution in [-0.2, 0) is 16.6 Å². The van der Waals surface area contributed by atoms with Crippen molar-refractivity contribution in [3.63, 3.8) is 0 Å². The Bertz CT molecular complexity index is 1340. The van der Waals surface area contributed by atoms with Crippen molar-refractivity contribution in [2.45, 2.75) is 64.3 Å². The zero-order chi connectivity index (χ0) is 23.2. The van der Waals surface area contributed by atoms with E-state index in [1.807, 2.05) is 26.8 Å². The van der Waals surface area contributed by atoms with E-state index in [2.05, 4.69) is 19.1 Å². The number of amides is 1. The molecule has 3 aliphatic rings. The van der Waals surface area contributed by atoms with Crippen LogP contribution in [0, 0.1) is 18.3 Å². The van der Waals surface area contributed by atoms with Gasteiger partial charge in [0.15, 0.2) is 5.41 Å². The second kappa shape index (κ2) is 6.26. The zero-order valence-corrected chi connectivity index (χ0v) is 18.8. The third kappa shape index (κ3) is 2.24. The highest BCUT2D eigenvalue weighted by Gasteiger charge is 2.64. The quantitative estimate of drug-likeness (QED) is 0.740. The maximum absolute atomic E-state index is 14.4. The number of carbonyl (C=O) groups excluding carboxylic acids is 1. The first kappa shape index (κ1) is 20.4. The van der Waals surface area contributed by atoms with E-state index in [9.17, 15) is 14.9 Å². The average molecular weight is 431 g/mol. The number of nitriles is 1. The summed E-state index contributed by atoms with van der Waals surface area (Å²) in [7, 11) is 0. The average Bonchev–Trinajstić information content (AvgIpc) is 2.95. The molecule has 2 atom stereocenters. The minimum absolute atomic E-state index is 0.0205. The van der Waals surface area contributed by atoms with E-state index in [-0.39, 0.29) is 34.6 Å². The lowest BCUT2D eigenvalue weighted by Crippen LogP contribution is -2.55. The third-order valence-electron chi connectivity index (χ3n) is 7.07. The molecule has 0 fully saturated rings. The van der Waals surface area contributed by atoms with E-state index >= 15 is 0 Å². The number of hydrogen-bond acceptors (Lipinski definition) is 6. The molecule has 5 rings (SSSR count). The van der Waals surface area contributed by atoms with Crippen molar-refractivity contribution < 1.29 is 13.9 Å². The Balaban J connectivity index is 2.02. The van der Waals surface area contributed by atoms with Gasteiger partial charge in [-0.15, -0.1) is 0 Å². The summed E-state index contributed by atoms with van der Waals surface area (Å²) >= 11 is 0. The lowest BCUT2D eigenvalue weighted by Gasteiger charge is -2.44. The maximum Gasteiger partial charge on any atom is 0.344 e. The predicted octanol–water partition coefficient (Wildman–Crippen LogP) is 3.52. The van der Waals surface area contributed by atoms with Gasteiger partial charge in [0.2, 0.25) is 11.8 Å². The molecule has 1 aromatic carbocycles. The molecule has 3 aliphatic heterocycles. The van der Waals surface area contributed by atoms with Crippen LogP contribution in [0.5, 0.6) is 5.75 Å². The minimum Gasteiger partial charge on any atom is -0.440 e. The van der Waals surface area contributed by atoms with E-state index in [4.69, 9.17) is 14.9 Å². The second-order valence-corrected chi connectivity index (χ2v) is 9.58. The highest BCUT2D eigenvalue weighted by atomic mass is 16.5. The number of benzene rings is 1. The molecule has 1 aromatic heterocycles. The molecule has 1 amide bonds.